The van der Waals surface area contributed by atoms with E-state index < -0.39 is 0 Å². The van der Waals surface area contributed by atoms with Crippen LogP contribution < -0.4 is 4.74 Å². The number of halogens is 2. The molecular formula is C13H12BrClN2O2. The summed E-state index contributed by atoms with van der Waals surface area (Å²) >= 11 is 9.50. The van der Waals surface area contributed by atoms with Crippen LogP contribution in [0.2, 0.25) is 5.02 Å². The predicted molar refractivity (Wildman–Crippen MR) is 76.8 cm³/mol. The summed E-state index contributed by atoms with van der Waals surface area (Å²) in [5, 5.41) is 4.69. The van der Waals surface area contributed by atoms with Crippen LogP contribution in [0.1, 0.15) is 21.7 Å². The second-order valence-electron chi connectivity index (χ2n) is 4.03. The van der Waals surface area contributed by atoms with E-state index >= 15 is 0 Å². The molecule has 0 aliphatic rings. The number of hydrogen-bond donors (Lipinski definition) is 0. The van der Waals surface area contributed by atoms with Crippen molar-refractivity contribution in [1.29, 1.82) is 0 Å². The molecule has 100 valence electrons. The Morgan fingerprint density at radius 2 is 2.26 bits per heavy atom. The summed E-state index contributed by atoms with van der Waals surface area (Å²) in [6.45, 7) is 2.18. The normalized spacial score (nSPS) is 10.5. The zero-order valence-electron chi connectivity index (χ0n) is 10.5. The van der Waals surface area contributed by atoms with Gasteiger partial charge in [0.1, 0.15) is 12.4 Å². The molecule has 0 unspecified atom stereocenters. The molecule has 6 heteroatoms. The van der Waals surface area contributed by atoms with Crippen molar-refractivity contribution in [3.63, 3.8) is 0 Å². The molecule has 0 aliphatic carbocycles. The molecule has 0 radical (unpaired) electrons. The van der Waals surface area contributed by atoms with Crippen molar-refractivity contribution in [2.75, 3.05) is 0 Å². The molecule has 0 atom stereocenters. The second kappa shape index (κ2) is 5.75. The van der Waals surface area contributed by atoms with Crippen molar-refractivity contribution in [2.45, 2.75) is 13.5 Å². The molecule has 1 aromatic heterocycles. The highest BCUT2D eigenvalue weighted by atomic mass is 79.9. The zero-order chi connectivity index (χ0) is 14.0. The van der Waals surface area contributed by atoms with Crippen LogP contribution in [0.4, 0.5) is 0 Å². The van der Waals surface area contributed by atoms with Crippen molar-refractivity contribution in [2.24, 2.45) is 7.05 Å². The molecule has 0 N–H and O–H groups in total. The van der Waals surface area contributed by atoms with Crippen LogP contribution in [0.25, 0.3) is 0 Å². The van der Waals surface area contributed by atoms with Gasteiger partial charge in [-0.3, -0.25) is 9.48 Å². The van der Waals surface area contributed by atoms with E-state index in [4.69, 9.17) is 16.3 Å². The van der Waals surface area contributed by atoms with E-state index in [2.05, 4.69) is 21.0 Å². The van der Waals surface area contributed by atoms with Gasteiger partial charge in [0, 0.05) is 7.05 Å². The quantitative estimate of drug-likeness (QED) is 0.798. The predicted octanol–water partition coefficient (Wildman–Crippen LogP) is 3.54. The first-order valence-corrected chi connectivity index (χ1v) is 6.76. The molecule has 0 amide bonds. The minimum atomic E-state index is 0.280. The van der Waals surface area contributed by atoms with Gasteiger partial charge in [-0.2, -0.15) is 5.10 Å². The fraction of sp³-hybridized carbons (Fsp3) is 0.231. The van der Waals surface area contributed by atoms with Gasteiger partial charge in [0.25, 0.3) is 0 Å². The molecule has 0 saturated carbocycles. The minimum absolute atomic E-state index is 0.280. The van der Waals surface area contributed by atoms with Crippen LogP contribution in [0.15, 0.2) is 22.7 Å². The van der Waals surface area contributed by atoms with Crippen molar-refractivity contribution in [3.05, 3.63) is 44.6 Å². The number of aldehydes is 1. The van der Waals surface area contributed by atoms with E-state index in [-0.39, 0.29) is 6.61 Å². The number of aromatic nitrogens is 2. The first-order chi connectivity index (χ1) is 9.04. The van der Waals surface area contributed by atoms with Crippen LogP contribution in [-0.4, -0.2) is 16.1 Å². The standard InChI is InChI=1S/C13H12BrClN2O2/c1-8-12(14)11(17(2)16-8)7-19-13-9(6-18)4-3-5-10(13)15/h3-6H,7H2,1-2H3. The van der Waals surface area contributed by atoms with Gasteiger partial charge in [-0.1, -0.05) is 17.7 Å². The summed E-state index contributed by atoms with van der Waals surface area (Å²) in [5.41, 5.74) is 2.20. The number of aryl methyl sites for hydroxylation is 2. The van der Waals surface area contributed by atoms with Crippen molar-refractivity contribution in [1.82, 2.24) is 9.78 Å². The Morgan fingerprint density at radius 1 is 1.53 bits per heavy atom. The number of hydrogen-bond acceptors (Lipinski definition) is 3. The number of carbonyl (C=O) groups is 1. The Hall–Kier alpha value is -1.33. The molecule has 1 heterocycles. The van der Waals surface area contributed by atoms with Gasteiger partial charge >= 0.3 is 0 Å². The third-order valence-electron chi connectivity index (χ3n) is 2.74. The van der Waals surface area contributed by atoms with Crippen LogP contribution >= 0.6 is 27.5 Å². The SMILES string of the molecule is Cc1nn(C)c(COc2c(Cl)cccc2C=O)c1Br. The average molecular weight is 344 g/mol. The highest BCUT2D eigenvalue weighted by Gasteiger charge is 2.13. The zero-order valence-corrected chi connectivity index (χ0v) is 12.8. The number of rotatable bonds is 4. The minimum Gasteiger partial charge on any atom is -0.485 e. The maximum atomic E-state index is 11.0. The number of benzene rings is 1. The first-order valence-electron chi connectivity index (χ1n) is 5.59. The maximum absolute atomic E-state index is 11.0. The summed E-state index contributed by atoms with van der Waals surface area (Å²) in [4.78, 5) is 11.0. The Labute approximate surface area is 124 Å². The van der Waals surface area contributed by atoms with Gasteiger partial charge in [-0.05, 0) is 35.0 Å². The summed E-state index contributed by atoms with van der Waals surface area (Å²) in [6, 6.07) is 5.06. The number of carbonyl (C=O) groups excluding carboxylic acids is 1. The summed E-state index contributed by atoms with van der Waals surface area (Å²) in [6.07, 6.45) is 0.727. The third-order valence-corrected chi connectivity index (χ3v) is 4.07. The van der Waals surface area contributed by atoms with Crippen LogP contribution in [0, 0.1) is 6.92 Å². The van der Waals surface area contributed by atoms with Crippen LogP contribution in [0.3, 0.4) is 0 Å². The summed E-state index contributed by atoms with van der Waals surface area (Å²) in [5.74, 6) is 0.393. The van der Waals surface area contributed by atoms with Crippen molar-refractivity contribution in [3.8, 4) is 5.75 Å². The van der Waals surface area contributed by atoms with Crippen LogP contribution in [0.5, 0.6) is 5.75 Å². The Morgan fingerprint density at radius 3 is 2.84 bits per heavy atom. The topological polar surface area (TPSA) is 44.1 Å². The third kappa shape index (κ3) is 2.82. The van der Waals surface area contributed by atoms with Gasteiger partial charge in [-0.25, -0.2) is 0 Å². The molecule has 19 heavy (non-hydrogen) atoms. The van der Waals surface area contributed by atoms with Gasteiger partial charge in [0.05, 0.1) is 26.4 Å². The maximum Gasteiger partial charge on any atom is 0.153 e. The molecule has 0 bridgehead atoms. The van der Waals surface area contributed by atoms with Gasteiger partial charge in [0.2, 0.25) is 0 Å². The van der Waals surface area contributed by atoms with E-state index in [1.807, 2.05) is 14.0 Å². The fourth-order valence-corrected chi connectivity index (χ4v) is 2.43. The van der Waals surface area contributed by atoms with Crippen molar-refractivity contribution >= 4 is 33.8 Å². The Bertz CT molecular complexity index is 625. The van der Waals surface area contributed by atoms with Gasteiger partial charge in [0.15, 0.2) is 6.29 Å². The highest BCUT2D eigenvalue weighted by molar-refractivity contribution is 9.10. The second-order valence-corrected chi connectivity index (χ2v) is 5.23. The Kier molecular flexibility index (Phi) is 4.27. The molecule has 2 aromatic rings. The largest absolute Gasteiger partial charge is 0.485 e. The van der Waals surface area contributed by atoms with E-state index in [1.54, 1.807) is 22.9 Å². The van der Waals surface area contributed by atoms with Gasteiger partial charge in [-0.15, -0.1) is 0 Å². The van der Waals surface area contributed by atoms with Crippen LogP contribution in [-0.2, 0) is 13.7 Å². The first kappa shape index (κ1) is 14.1. The summed E-state index contributed by atoms with van der Waals surface area (Å²) in [7, 11) is 1.84. The smallest absolute Gasteiger partial charge is 0.153 e. The lowest BCUT2D eigenvalue weighted by molar-refractivity contribution is 0.111. The molecule has 0 fully saturated rings. The molecule has 0 saturated heterocycles. The average Bonchev–Trinajstić information content (AvgIpc) is 2.62. The number of ether oxygens (including phenoxy) is 1. The lowest BCUT2D eigenvalue weighted by atomic mass is 10.2. The highest BCUT2D eigenvalue weighted by Crippen LogP contribution is 2.29. The summed E-state index contributed by atoms with van der Waals surface area (Å²) < 4.78 is 8.30. The van der Waals surface area contributed by atoms with E-state index in [0.717, 1.165) is 22.1 Å². The number of nitrogens with zero attached hydrogens (tertiary/aromatic N) is 2. The Balaban J connectivity index is 2.26. The monoisotopic (exact) mass is 342 g/mol. The molecule has 0 aliphatic heterocycles. The molecule has 1 aromatic carbocycles. The molecule has 0 spiro atoms. The molecule has 4 nitrogen and oxygen atoms in total. The van der Waals surface area contributed by atoms with Gasteiger partial charge < -0.3 is 4.74 Å². The van der Waals surface area contributed by atoms with E-state index in [9.17, 15) is 4.79 Å². The molecule has 2 rings (SSSR count). The lowest BCUT2D eigenvalue weighted by Crippen LogP contribution is -2.05. The van der Waals surface area contributed by atoms with Crippen molar-refractivity contribution < 1.29 is 9.53 Å². The lowest BCUT2D eigenvalue weighted by Gasteiger charge is -2.10. The van der Waals surface area contributed by atoms with E-state index in [1.165, 1.54) is 0 Å². The molecular weight excluding hydrogens is 332 g/mol. The van der Waals surface area contributed by atoms with E-state index in [0.29, 0.717) is 16.3 Å². The fourth-order valence-electron chi connectivity index (χ4n) is 1.75. The number of para-hydroxylation sites is 1.